The maximum Gasteiger partial charge on any atom is 0.160 e. The molecule has 0 radical (unpaired) electrons. The molecule has 0 aliphatic rings. The van der Waals surface area contributed by atoms with Gasteiger partial charge in [0.05, 0.1) is 0 Å². The van der Waals surface area contributed by atoms with Crippen molar-refractivity contribution < 1.29 is 9.47 Å². The first-order valence-corrected chi connectivity index (χ1v) is 4.49. The van der Waals surface area contributed by atoms with Crippen LogP contribution in [0.25, 0.3) is 0 Å². The summed E-state index contributed by atoms with van der Waals surface area (Å²) in [7, 11) is 0. The number of rotatable bonds is 6. The summed E-state index contributed by atoms with van der Waals surface area (Å²) >= 11 is 0. The van der Waals surface area contributed by atoms with E-state index < -0.39 is 0 Å². The second-order valence-corrected chi connectivity index (χ2v) is 2.66. The highest BCUT2D eigenvalue weighted by atomic mass is 16.7. The maximum atomic E-state index is 5.41. The molecular formula is C9H20O2. The van der Waals surface area contributed by atoms with Gasteiger partial charge in [-0.15, -0.1) is 0 Å². The van der Waals surface area contributed by atoms with E-state index in [4.69, 9.17) is 9.47 Å². The van der Waals surface area contributed by atoms with Gasteiger partial charge in [0.25, 0.3) is 0 Å². The Morgan fingerprint density at radius 1 is 1.00 bits per heavy atom. The van der Waals surface area contributed by atoms with Gasteiger partial charge in [-0.1, -0.05) is 13.8 Å². The smallest absolute Gasteiger partial charge is 0.160 e. The van der Waals surface area contributed by atoms with Gasteiger partial charge in [-0.3, -0.25) is 0 Å². The molecule has 0 fully saturated rings. The van der Waals surface area contributed by atoms with Gasteiger partial charge in [0, 0.05) is 19.1 Å². The first kappa shape index (κ1) is 10.9. The molecule has 68 valence electrons. The Morgan fingerprint density at radius 3 is 1.73 bits per heavy atom. The molecule has 1 unspecified atom stereocenters. The summed E-state index contributed by atoms with van der Waals surface area (Å²) in [5, 5.41) is 0. The molecule has 0 saturated carbocycles. The quantitative estimate of drug-likeness (QED) is 0.556. The van der Waals surface area contributed by atoms with E-state index in [1.807, 2.05) is 13.8 Å². The SMILES string of the molecule is CCOC(OCC)C(C)CC. The minimum absolute atomic E-state index is 0.00463. The van der Waals surface area contributed by atoms with Crippen molar-refractivity contribution in [3.63, 3.8) is 0 Å². The van der Waals surface area contributed by atoms with Crippen molar-refractivity contribution in [3.8, 4) is 0 Å². The van der Waals surface area contributed by atoms with Crippen molar-refractivity contribution in [3.05, 3.63) is 0 Å². The van der Waals surface area contributed by atoms with E-state index in [2.05, 4.69) is 13.8 Å². The summed E-state index contributed by atoms with van der Waals surface area (Å²) in [4.78, 5) is 0. The van der Waals surface area contributed by atoms with Gasteiger partial charge in [-0.25, -0.2) is 0 Å². The van der Waals surface area contributed by atoms with Crippen molar-refractivity contribution in [2.45, 2.75) is 40.4 Å². The van der Waals surface area contributed by atoms with E-state index in [9.17, 15) is 0 Å². The molecule has 0 saturated heterocycles. The van der Waals surface area contributed by atoms with Crippen LogP contribution >= 0.6 is 0 Å². The minimum atomic E-state index is -0.00463. The lowest BCUT2D eigenvalue weighted by molar-refractivity contribution is -0.163. The summed E-state index contributed by atoms with van der Waals surface area (Å²) in [6.07, 6.45) is 1.10. The Hall–Kier alpha value is -0.0800. The number of ether oxygens (including phenoxy) is 2. The van der Waals surface area contributed by atoms with Gasteiger partial charge in [-0.05, 0) is 20.3 Å². The predicted octanol–water partition coefficient (Wildman–Crippen LogP) is 2.43. The molecule has 11 heavy (non-hydrogen) atoms. The van der Waals surface area contributed by atoms with Crippen LogP contribution in [0.4, 0.5) is 0 Å². The molecule has 0 amide bonds. The predicted molar refractivity (Wildman–Crippen MR) is 46.5 cm³/mol. The van der Waals surface area contributed by atoms with Crippen LogP contribution in [0.3, 0.4) is 0 Å². The minimum Gasteiger partial charge on any atom is -0.353 e. The lowest BCUT2D eigenvalue weighted by atomic mass is 10.1. The maximum absolute atomic E-state index is 5.41. The zero-order chi connectivity index (χ0) is 8.69. The average Bonchev–Trinajstić information content (AvgIpc) is 2.03. The summed E-state index contributed by atoms with van der Waals surface area (Å²) in [6.45, 7) is 9.75. The molecule has 0 aromatic heterocycles. The van der Waals surface area contributed by atoms with Crippen LogP contribution in [0, 0.1) is 5.92 Å². The zero-order valence-electron chi connectivity index (χ0n) is 8.09. The third-order valence-electron chi connectivity index (χ3n) is 1.77. The molecular weight excluding hydrogens is 140 g/mol. The van der Waals surface area contributed by atoms with Crippen molar-refractivity contribution >= 4 is 0 Å². The molecule has 0 aliphatic heterocycles. The average molecular weight is 160 g/mol. The Balaban J connectivity index is 3.66. The highest BCUT2D eigenvalue weighted by Gasteiger charge is 2.14. The molecule has 0 aromatic carbocycles. The molecule has 0 heterocycles. The molecule has 0 rings (SSSR count). The van der Waals surface area contributed by atoms with Crippen molar-refractivity contribution in [2.75, 3.05) is 13.2 Å². The molecule has 2 heteroatoms. The Kier molecular flexibility index (Phi) is 6.57. The van der Waals surface area contributed by atoms with Crippen LogP contribution in [-0.4, -0.2) is 19.5 Å². The standard InChI is InChI=1S/C9H20O2/c1-5-8(4)9(10-6-2)11-7-3/h8-9H,5-7H2,1-4H3. The van der Waals surface area contributed by atoms with Crippen molar-refractivity contribution in [1.82, 2.24) is 0 Å². The van der Waals surface area contributed by atoms with Crippen LogP contribution in [0.1, 0.15) is 34.1 Å². The molecule has 0 aliphatic carbocycles. The van der Waals surface area contributed by atoms with Crippen LogP contribution in [0.15, 0.2) is 0 Å². The van der Waals surface area contributed by atoms with Crippen LogP contribution in [0.5, 0.6) is 0 Å². The fourth-order valence-corrected chi connectivity index (χ4v) is 0.898. The van der Waals surface area contributed by atoms with Gasteiger partial charge in [0.15, 0.2) is 6.29 Å². The highest BCUT2D eigenvalue weighted by molar-refractivity contribution is 4.54. The Bertz CT molecular complexity index is 77.6. The monoisotopic (exact) mass is 160 g/mol. The van der Waals surface area contributed by atoms with E-state index in [-0.39, 0.29) is 6.29 Å². The normalized spacial score (nSPS) is 13.9. The highest BCUT2D eigenvalue weighted by Crippen LogP contribution is 2.12. The van der Waals surface area contributed by atoms with Gasteiger partial charge < -0.3 is 9.47 Å². The third kappa shape index (κ3) is 4.38. The first-order valence-electron chi connectivity index (χ1n) is 4.49. The van der Waals surface area contributed by atoms with Gasteiger partial charge in [0.1, 0.15) is 0 Å². The van der Waals surface area contributed by atoms with Crippen molar-refractivity contribution in [2.24, 2.45) is 5.92 Å². The summed E-state index contributed by atoms with van der Waals surface area (Å²) in [5.74, 6) is 0.495. The lowest BCUT2D eigenvalue weighted by Crippen LogP contribution is -2.24. The second kappa shape index (κ2) is 6.62. The first-order chi connectivity index (χ1) is 5.26. The van der Waals surface area contributed by atoms with Crippen LogP contribution in [0.2, 0.25) is 0 Å². The molecule has 1 atom stereocenters. The van der Waals surface area contributed by atoms with Crippen molar-refractivity contribution in [1.29, 1.82) is 0 Å². The topological polar surface area (TPSA) is 18.5 Å². The Labute approximate surface area is 69.9 Å². The second-order valence-electron chi connectivity index (χ2n) is 2.66. The van der Waals surface area contributed by atoms with E-state index >= 15 is 0 Å². The summed E-state index contributed by atoms with van der Waals surface area (Å²) < 4.78 is 10.8. The summed E-state index contributed by atoms with van der Waals surface area (Å²) in [5.41, 5.74) is 0. The zero-order valence-corrected chi connectivity index (χ0v) is 8.09. The van der Waals surface area contributed by atoms with Crippen LogP contribution < -0.4 is 0 Å². The molecule has 0 spiro atoms. The lowest BCUT2D eigenvalue weighted by Gasteiger charge is -2.22. The van der Waals surface area contributed by atoms with E-state index in [1.165, 1.54) is 0 Å². The molecule has 2 nitrogen and oxygen atoms in total. The third-order valence-corrected chi connectivity index (χ3v) is 1.77. The summed E-state index contributed by atoms with van der Waals surface area (Å²) in [6, 6.07) is 0. The van der Waals surface area contributed by atoms with Crippen LogP contribution in [-0.2, 0) is 9.47 Å². The number of hydrogen-bond donors (Lipinski definition) is 0. The van der Waals surface area contributed by atoms with E-state index in [0.717, 1.165) is 19.6 Å². The number of hydrogen-bond acceptors (Lipinski definition) is 2. The Morgan fingerprint density at radius 2 is 1.45 bits per heavy atom. The van der Waals surface area contributed by atoms with E-state index in [0.29, 0.717) is 5.92 Å². The van der Waals surface area contributed by atoms with E-state index in [1.54, 1.807) is 0 Å². The van der Waals surface area contributed by atoms with Gasteiger partial charge >= 0.3 is 0 Å². The van der Waals surface area contributed by atoms with Gasteiger partial charge in [0.2, 0.25) is 0 Å². The van der Waals surface area contributed by atoms with Gasteiger partial charge in [-0.2, -0.15) is 0 Å². The fraction of sp³-hybridized carbons (Fsp3) is 1.00. The largest absolute Gasteiger partial charge is 0.353 e. The fourth-order valence-electron chi connectivity index (χ4n) is 0.898. The molecule has 0 aromatic rings. The molecule has 0 N–H and O–H groups in total. The molecule has 0 bridgehead atoms.